The van der Waals surface area contributed by atoms with Gasteiger partial charge in [0.1, 0.15) is 11.5 Å². The highest BCUT2D eigenvalue weighted by Crippen LogP contribution is 2.31. The lowest BCUT2D eigenvalue weighted by Gasteiger charge is -2.24. The van der Waals surface area contributed by atoms with E-state index in [4.69, 9.17) is 14.5 Å². The molecule has 0 saturated carbocycles. The van der Waals surface area contributed by atoms with E-state index < -0.39 is 0 Å². The molecule has 0 atom stereocenters. The Morgan fingerprint density at radius 3 is 2.44 bits per heavy atom. The van der Waals surface area contributed by atoms with Gasteiger partial charge in [-0.1, -0.05) is 37.3 Å². The number of hydrogen-bond acceptors (Lipinski definition) is 6. The summed E-state index contributed by atoms with van der Waals surface area (Å²) in [6, 6.07) is 13.6. The summed E-state index contributed by atoms with van der Waals surface area (Å²) in [6.07, 6.45) is 0. The van der Waals surface area contributed by atoms with E-state index in [1.165, 1.54) is 11.3 Å². The molecule has 0 spiro atoms. The highest BCUT2D eigenvalue weighted by molar-refractivity contribution is 7.22. The summed E-state index contributed by atoms with van der Waals surface area (Å²) in [4.78, 5) is 21.9. The van der Waals surface area contributed by atoms with Gasteiger partial charge in [-0.3, -0.25) is 9.69 Å². The van der Waals surface area contributed by atoms with Gasteiger partial charge in [0.25, 0.3) is 5.91 Å². The first-order valence-corrected chi connectivity index (χ1v) is 11.6. The number of hydrogen-bond donors (Lipinski definition) is 0. The SMILES string of the molecule is CCOc1ccc2nc(N(CCN(CC)CC)C(=O)COc3cccc(C)c3)sc2c1.Cl. The van der Waals surface area contributed by atoms with Gasteiger partial charge in [-0.25, -0.2) is 4.98 Å². The number of carbonyl (C=O) groups is 1. The van der Waals surface area contributed by atoms with Crippen LogP contribution in [0.5, 0.6) is 11.5 Å². The molecule has 0 aliphatic rings. The average molecular weight is 478 g/mol. The van der Waals surface area contributed by atoms with E-state index in [2.05, 4.69) is 18.7 Å². The molecule has 2 aromatic carbocycles. The summed E-state index contributed by atoms with van der Waals surface area (Å²) in [6.45, 7) is 12.0. The summed E-state index contributed by atoms with van der Waals surface area (Å²) >= 11 is 1.50. The van der Waals surface area contributed by atoms with Crippen molar-refractivity contribution in [2.75, 3.05) is 44.3 Å². The second-order valence-electron chi connectivity index (χ2n) is 7.24. The minimum atomic E-state index is -0.0993. The maximum atomic E-state index is 13.2. The van der Waals surface area contributed by atoms with Crippen LogP contribution < -0.4 is 14.4 Å². The Morgan fingerprint density at radius 2 is 1.75 bits per heavy atom. The van der Waals surface area contributed by atoms with Crippen LogP contribution in [-0.4, -0.2) is 55.2 Å². The number of halogens is 1. The van der Waals surface area contributed by atoms with Crippen molar-refractivity contribution in [2.45, 2.75) is 27.7 Å². The van der Waals surface area contributed by atoms with Crippen LogP contribution in [0.2, 0.25) is 0 Å². The van der Waals surface area contributed by atoms with Crippen molar-refractivity contribution in [1.82, 2.24) is 9.88 Å². The topological polar surface area (TPSA) is 54.9 Å². The lowest BCUT2D eigenvalue weighted by molar-refractivity contribution is -0.120. The zero-order chi connectivity index (χ0) is 22.2. The van der Waals surface area contributed by atoms with Crippen molar-refractivity contribution >= 4 is 45.0 Å². The van der Waals surface area contributed by atoms with Gasteiger partial charge < -0.3 is 14.4 Å². The van der Waals surface area contributed by atoms with E-state index in [1.807, 2.05) is 56.3 Å². The summed E-state index contributed by atoms with van der Waals surface area (Å²) in [5, 5.41) is 0.689. The van der Waals surface area contributed by atoms with E-state index in [-0.39, 0.29) is 24.9 Å². The van der Waals surface area contributed by atoms with Crippen molar-refractivity contribution < 1.29 is 14.3 Å². The van der Waals surface area contributed by atoms with Crippen LogP contribution in [0, 0.1) is 6.92 Å². The second-order valence-corrected chi connectivity index (χ2v) is 8.25. The molecular formula is C24H32ClN3O3S. The van der Waals surface area contributed by atoms with Crippen molar-refractivity contribution in [3.63, 3.8) is 0 Å². The number of aryl methyl sites for hydroxylation is 1. The molecule has 1 heterocycles. The first-order chi connectivity index (χ1) is 15.0. The molecule has 0 aliphatic carbocycles. The molecule has 3 rings (SSSR count). The lowest BCUT2D eigenvalue weighted by atomic mass is 10.2. The predicted octanol–water partition coefficient (Wildman–Crippen LogP) is 5.18. The van der Waals surface area contributed by atoms with E-state index in [9.17, 15) is 4.79 Å². The average Bonchev–Trinajstić information content (AvgIpc) is 3.18. The predicted molar refractivity (Wildman–Crippen MR) is 135 cm³/mol. The lowest BCUT2D eigenvalue weighted by Crippen LogP contribution is -2.41. The number of fused-ring (bicyclic) bond motifs is 1. The number of carbonyl (C=O) groups excluding carboxylic acids is 1. The van der Waals surface area contributed by atoms with Crippen LogP contribution in [-0.2, 0) is 4.79 Å². The largest absolute Gasteiger partial charge is 0.494 e. The number of ether oxygens (including phenoxy) is 2. The smallest absolute Gasteiger partial charge is 0.266 e. The molecule has 3 aromatic rings. The summed E-state index contributed by atoms with van der Waals surface area (Å²) in [5.41, 5.74) is 1.96. The van der Waals surface area contributed by atoms with Crippen LogP contribution >= 0.6 is 23.7 Å². The third kappa shape index (κ3) is 6.82. The Balaban J connectivity index is 0.00000363. The number of anilines is 1. The maximum absolute atomic E-state index is 13.2. The van der Waals surface area contributed by atoms with Crippen molar-refractivity contribution in [1.29, 1.82) is 0 Å². The van der Waals surface area contributed by atoms with Crippen LogP contribution in [0.4, 0.5) is 5.13 Å². The van der Waals surface area contributed by atoms with E-state index in [1.54, 1.807) is 4.90 Å². The van der Waals surface area contributed by atoms with Gasteiger partial charge >= 0.3 is 0 Å². The standard InChI is InChI=1S/C24H31N3O3S.ClH/c1-5-26(6-2)13-14-27(23(28)17-30-19-10-8-9-18(4)15-19)24-25-21-12-11-20(29-7-3)16-22(21)31-24;/h8-12,15-16H,5-7,13-14,17H2,1-4H3;1H. The van der Waals surface area contributed by atoms with E-state index in [0.717, 1.165) is 41.2 Å². The van der Waals surface area contributed by atoms with Crippen molar-refractivity contribution in [3.8, 4) is 11.5 Å². The zero-order valence-electron chi connectivity index (χ0n) is 19.2. The maximum Gasteiger partial charge on any atom is 0.266 e. The highest BCUT2D eigenvalue weighted by atomic mass is 35.5. The van der Waals surface area contributed by atoms with Gasteiger partial charge in [-0.05, 0) is 62.8 Å². The molecule has 0 unspecified atom stereocenters. The van der Waals surface area contributed by atoms with Gasteiger partial charge in [-0.2, -0.15) is 0 Å². The fraction of sp³-hybridized carbons (Fsp3) is 0.417. The molecule has 0 saturated heterocycles. The number of amides is 1. The first kappa shape index (κ1) is 25.9. The van der Waals surface area contributed by atoms with E-state index in [0.29, 0.717) is 24.0 Å². The molecule has 174 valence electrons. The molecule has 0 fully saturated rings. The number of thiazole rings is 1. The molecule has 0 aliphatic heterocycles. The normalized spacial score (nSPS) is 10.8. The van der Waals surface area contributed by atoms with E-state index >= 15 is 0 Å². The van der Waals surface area contributed by atoms with Gasteiger partial charge in [-0.15, -0.1) is 12.4 Å². The Bertz CT molecular complexity index is 1010. The third-order valence-electron chi connectivity index (χ3n) is 5.08. The van der Waals surface area contributed by atoms with Crippen molar-refractivity contribution in [2.24, 2.45) is 0 Å². The number of likely N-dealkylation sites (N-methyl/N-ethyl adjacent to an activating group) is 1. The van der Waals surface area contributed by atoms with Gasteiger partial charge in [0, 0.05) is 13.1 Å². The molecule has 6 nitrogen and oxygen atoms in total. The zero-order valence-corrected chi connectivity index (χ0v) is 20.8. The van der Waals surface area contributed by atoms with Crippen LogP contribution in [0.15, 0.2) is 42.5 Å². The Hall–Kier alpha value is -2.35. The van der Waals surface area contributed by atoms with Crippen molar-refractivity contribution in [3.05, 3.63) is 48.0 Å². The summed E-state index contributed by atoms with van der Waals surface area (Å²) in [7, 11) is 0. The second kappa shape index (κ2) is 12.6. The van der Waals surface area contributed by atoms with Crippen LogP contribution in [0.1, 0.15) is 26.3 Å². The molecule has 1 aromatic heterocycles. The quantitative estimate of drug-likeness (QED) is 0.381. The fourth-order valence-corrected chi connectivity index (χ4v) is 4.34. The third-order valence-corrected chi connectivity index (χ3v) is 6.12. The Kier molecular flexibility index (Phi) is 10.2. The van der Waals surface area contributed by atoms with Crippen LogP contribution in [0.25, 0.3) is 10.2 Å². The fourth-order valence-electron chi connectivity index (χ4n) is 3.30. The first-order valence-electron chi connectivity index (χ1n) is 10.8. The molecule has 0 bridgehead atoms. The number of benzene rings is 2. The highest BCUT2D eigenvalue weighted by Gasteiger charge is 2.21. The van der Waals surface area contributed by atoms with Crippen LogP contribution in [0.3, 0.4) is 0 Å². The molecular weight excluding hydrogens is 446 g/mol. The number of nitrogens with zero attached hydrogens (tertiary/aromatic N) is 3. The molecule has 0 radical (unpaired) electrons. The minimum Gasteiger partial charge on any atom is -0.494 e. The molecule has 32 heavy (non-hydrogen) atoms. The molecule has 8 heteroatoms. The molecule has 0 N–H and O–H groups in total. The van der Waals surface area contributed by atoms with Gasteiger partial charge in [0.2, 0.25) is 0 Å². The Morgan fingerprint density at radius 1 is 1.00 bits per heavy atom. The number of aromatic nitrogens is 1. The monoisotopic (exact) mass is 477 g/mol. The van der Waals surface area contributed by atoms with Gasteiger partial charge in [0.15, 0.2) is 11.7 Å². The summed E-state index contributed by atoms with van der Waals surface area (Å²) in [5.74, 6) is 1.41. The Labute approximate surface area is 200 Å². The van der Waals surface area contributed by atoms with Gasteiger partial charge in [0.05, 0.1) is 16.8 Å². The minimum absolute atomic E-state index is 0. The summed E-state index contributed by atoms with van der Waals surface area (Å²) < 4.78 is 12.4. The molecule has 1 amide bonds. The number of rotatable bonds is 11.